The Kier molecular flexibility index (Phi) is 5.22. The van der Waals surface area contributed by atoms with Crippen molar-refractivity contribution in [2.45, 2.75) is 18.9 Å². The van der Waals surface area contributed by atoms with Crippen LogP contribution in [0.15, 0.2) is 0 Å². The van der Waals surface area contributed by atoms with E-state index in [-0.39, 0.29) is 19.4 Å². The largest absolute Gasteiger partial charge is 0.480 e. The second-order valence-electron chi connectivity index (χ2n) is 4.58. The fourth-order valence-electron chi connectivity index (χ4n) is 1.75. The van der Waals surface area contributed by atoms with E-state index in [1.54, 1.807) is 0 Å². The summed E-state index contributed by atoms with van der Waals surface area (Å²) in [6, 6.07) is -1.94. The van der Waals surface area contributed by atoms with Crippen molar-refractivity contribution in [3.63, 3.8) is 0 Å². The van der Waals surface area contributed by atoms with Crippen LogP contribution in [0.5, 0.6) is 0 Å². The molecule has 1 heterocycles. The molecule has 4 N–H and O–H groups in total. The van der Waals surface area contributed by atoms with Crippen LogP contribution in [0.2, 0.25) is 0 Å². The third-order valence-electron chi connectivity index (χ3n) is 2.85. The molecule has 10 nitrogen and oxygen atoms in total. The number of likely N-dealkylation sites (N-methyl/N-ethyl adjacent to an activating group) is 1. The molecule has 0 aliphatic carbocycles. The number of primary amides is 1. The molecular formula is C11H16N4O6. The molecule has 21 heavy (non-hydrogen) atoms. The molecule has 0 aromatic carbocycles. The summed E-state index contributed by atoms with van der Waals surface area (Å²) in [6.07, 6.45) is -0.375. The Bertz CT molecular complexity index is 491. The molecule has 0 saturated carbocycles. The fraction of sp³-hybridized carbons (Fsp3) is 0.545. The van der Waals surface area contributed by atoms with E-state index < -0.39 is 42.3 Å². The number of amides is 5. The lowest BCUT2D eigenvalue weighted by Crippen LogP contribution is -2.47. The Morgan fingerprint density at radius 2 is 2.00 bits per heavy atom. The van der Waals surface area contributed by atoms with Gasteiger partial charge in [0.2, 0.25) is 11.8 Å². The molecule has 0 aromatic heterocycles. The van der Waals surface area contributed by atoms with Gasteiger partial charge in [0.15, 0.2) is 0 Å². The number of nitrogens with two attached hydrogens (primary N) is 1. The number of urea groups is 1. The third kappa shape index (κ3) is 4.44. The molecular weight excluding hydrogens is 284 g/mol. The van der Waals surface area contributed by atoms with Gasteiger partial charge in [0, 0.05) is 13.5 Å². The molecule has 1 fully saturated rings. The van der Waals surface area contributed by atoms with Crippen LogP contribution in [0.3, 0.4) is 0 Å². The summed E-state index contributed by atoms with van der Waals surface area (Å²) in [5.74, 6) is -3.37. The number of nitrogens with one attached hydrogen (secondary N) is 1. The summed E-state index contributed by atoms with van der Waals surface area (Å²) in [5.41, 5.74) is 4.91. The summed E-state index contributed by atoms with van der Waals surface area (Å²) in [4.78, 5) is 58.2. The third-order valence-corrected chi connectivity index (χ3v) is 2.85. The van der Waals surface area contributed by atoms with Crippen LogP contribution >= 0.6 is 0 Å². The molecule has 0 radical (unpaired) electrons. The second kappa shape index (κ2) is 6.68. The SMILES string of the molecule is CN1CC(=O)N(CC(=O)N[C@H](CCC(N)=O)C(=O)O)C1=O. The van der Waals surface area contributed by atoms with E-state index in [0.717, 1.165) is 9.80 Å². The van der Waals surface area contributed by atoms with Crippen LogP contribution in [0.25, 0.3) is 0 Å². The lowest BCUT2D eigenvalue weighted by molar-refractivity contribution is -0.142. The number of carboxylic acids is 1. The van der Waals surface area contributed by atoms with Crippen molar-refractivity contribution >= 4 is 29.7 Å². The first-order chi connectivity index (χ1) is 9.72. The van der Waals surface area contributed by atoms with Crippen LogP contribution in [0.4, 0.5) is 4.79 Å². The van der Waals surface area contributed by atoms with Gasteiger partial charge in [-0.3, -0.25) is 19.3 Å². The van der Waals surface area contributed by atoms with E-state index in [1.165, 1.54) is 7.05 Å². The maximum absolute atomic E-state index is 11.7. The van der Waals surface area contributed by atoms with Gasteiger partial charge in [-0.2, -0.15) is 0 Å². The summed E-state index contributed by atoms with van der Waals surface area (Å²) in [7, 11) is 1.41. The van der Waals surface area contributed by atoms with E-state index >= 15 is 0 Å². The zero-order valence-electron chi connectivity index (χ0n) is 11.4. The lowest BCUT2D eigenvalue weighted by atomic mass is 10.1. The lowest BCUT2D eigenvalue weighted by Gasteiger charge is -2.17. The Morgan fingerprint density at radius 3 is 2.43 bits per heavy atom. The predicted molar refractivity (Wildman–Crippen MR) is 67.7 cm³/mol. The highest BCUT2D eigenvalue weighted by Crippen LogP contribution is 2.07. The molecule has 0 spiro atoms. The van der Waals surface area contributed by atoms with Gasteiger partial charge in [-0.1, -0.05) is 0 Å². The van der Waals surface area contributed by atoms with Gasteiger partial charge in [0.1, 0.15) is 19.1 Å². The maximum atomic E-state index is 11.7. The molecule has 5 amide bonds. The zero-order chi connectivity index (χ0) is 16.2. The normalized spacial score (nSPS) is 16.0. The molecule has 1 aliphatic heterocycles. The van der Waals surface area contributed by atoms with Gasteiger partial charge in [-0.15, -0.1) is 0 Å². The predicted octanol–water partition coefficient (Wildman–Crippen LogP) is -2.28. The second-order valence-corrected chi connectivity index (χ2v) is 4.58. The highest BCUT2D eigenvalue weighted by molar-refractivity contribution is 6.04. The van der Waals surface area contributed by atoms with Gasteiger partial charge < -0.3 is 21.1 Å². The number of hydrogen-bond donors (Lipinski definition) is 3. The van der Waals surface area contributed by atoms with Gasteiger partial charge >= 0.3 is 12.0 Å². The summed E-state index contributed by atoms with van der Waals surface area (Å²) < 4.78 is 0. The molecule has 1 atom stereocenters. The summed E-state index contributed by atoms with van der Waals surface area (Å²) in [5, 5.41) is 11.1. The first-order valence-corrected chi connectivity index (χ1v) is 6.08. The number of nitrogens with zero attached hydrogens (tertiary/aromatic N) is 2. The molecule has 1 aliphatic rings. The highest BCUT2D eigenvalue weighted by atomic mass is 16.4. The van der Waals surface area contributed by atoms with E-state index in [1.807, 2.05) is 0 Å². The first kappa shape index (κ1) is 16.4. The number of carbonyl (C=O) groups is 5. The molecule has 0 aromatic rings. The topological polar surface area (TPSA) is 150 Å². The van der Waals surface area contributed by atoms with E-state index in [4.69, 9.17) is 10.8 Å². The Hall–Kier alpha value is -2.65. The van der Waals surface area contributed by atoms with Crippen molar-refractivity contribution in [1.82, 2.24) is 15.1 Å². The molecule has 10 heteroatoms. The molecule has 1 saturated heterocycles. The van der Waals surface area contributed by atoms with Gasteiger partial charge in [0.05, 0.1) is 0 Å². The minimum absolute atomic E-state index is 0.129. The number of carboxylic acid groups (broad SMARTS) is 1. The number of imide groups is 1. The first-order valence-electron chi connectivity index (χ1n) is 6.08. The Balaban J connectivity index is 2.58. The van der Waals surface area contributed by atoms with Crippen LogP contribution in [-0.2, 0) is 19.2 Å². The molecule has 1 rings (SSSR count). The number of carbonyl (C=O) groups excluding carboxylic acids is 4. The minimum Gasteiger partial charge on any atom is -0.480 e. The maximum Gasteiger partial charge on any atom is 0.327 e. The van der Waals surface area contributed by atoms with Crippen LogP contribution in [0, 0.1) is 0 Å². The van der Waals surface area contributed by atoms with E-state index in [2.05, 4.69) is 5.32 Å². The smallest absolute Gasteiger partial charge is 0.327 e. The Morgan fingerprint density at radius 1 is 1.38 bits per heavy atom. The number of hydrogen-bond acceptors (Lipinski definition) is 5. The molecule has 0 bridgehead atoms. The number of rotatable bonds is 7. The molecule has 116 valence electrons. The zero-order valence-corrected chi connectivity index (χ0v) is 11.4. The van der Waals surface area contributed by atoms with Crippen LogP contribution in [-0.4, -0.2) is 70.8 Å². The highest BCUT2D eigenvalue weighted by Gasteiger charge is 2.35. The van der Waals surface area contributed by atoms with E-state index in [9.17, 15) is 24.0 Å². The van der Waals surface area contributed by atoms with Crippen molar-refractivity contribution < 1.29 is 29.1 Å². The standard InChI is InChI=1S/C11H16N4O6/c1-14-5-9(18)15(11(14)21)4-8(17)13-6(10(19)20)2-3-7(12)16/h6H,2-5H2,1H3,(H2,12,16)(H,13,17)(H,19,20)/t6-/m1/s1. The number of aliphatic carboxylic acids is 1. The average molecular weight is 300 g/mol. The summed E-state index contributed by atoms with van der Waals surface area (Å²) >= 11 is 0. The van der Waals surface area contributed by atoms with Crippen LogP contribution < -0.4 is 11.1 Å². The average Bonchev–Trinajstić information content (AvgIpc) is 2.60. The minimum atomic E-state index is -1.33. The van der Waals surface area contributed by atoms with Gasteiger partial charge in [-0.05, 0) is 6.42 Å². The molecule has 0 unspecified atom stereocenters. The van der Waals surface area contributed by atoms with E-state index in [0.29, 0.717) is 0 Å². The van der Waals surface area contributed by atoms with Crippen LogP contribution in [0.1, 0.15) is 12.8 Å². The monoisotopic (exact) mass is 300 g/mol. The van der Waals surface area contributed by atoms with Crippen molar-refractivity contribution in [1.29, 1.82) is 0 Å². The van der Waals surface area contributed by atoms with Crippen molar-refractivity contribution in [3.05, 3.63) is 0 Å². The quantitative estimate of drug-likeness (QED) is 0.450. The summed E-state index contributed by atoms with van der Waals surface area (Å²) in [6.45, 7) is -0.696. The van der Waals surface area contributed by atoms with Gasteiger partial charge in [-0.25, -0.2) is 9.59 Å². The van der Waals surface area contributed by atoms with Crippen molar-refractivity contribution in [3.8, 4) is 0 Å². The van der Waals surface area contributed by atoms with Gasteiger partial charge in [0.25, 0.3) is 5.91 Å². The fourth-order valence-corrected chi connectivity index (χ4v) is 1.75. The Labute approximate surface area is 119 Å². The van der Waals surface area contributed by atoms with Crippen molar-refractivity contribution in [2.24, 2.45) is 5.73 Å². The van der Waals surface area contributed by atoms with Crippen molar-refractivity contribution in [2.75, 3.05) is 20.1 Å².